The average Bonchev–Trinajstić information content (AvgIpc) is 3.32. The number of carbonyl (C=O) groups is 2. The minimum atomic E-state index is -0.588. The zero-order valence-electron chi connectivity index (χ0n) is 16.9. The molecule has 1 aliphatic heterocycles. The maximum atomic E-state index is 12.9. The molecule has 0 spiro atoms. The maximum absolute atomic E-state index is 12.9. The van der Waals surface area contributed by atoms with Crippen molar-refractivity contribution in [1.82, 2.24) is 20.2 Å². The number of amides is 2. The van der Waals surface area contributed by atoms with Crippen molar-refractivity contribution in [3.8, 4) is 0 Å². The van der Waals surface area contributed by atoms with Crippen molar-refractivity contribution < 1.29 is 9.59 Å². The fourth-order valence-electron chi connectivity index (χ4n) is 4.10. The Morgan fingerprint density at radius 2 is 2.07 bits per heavy atom. The first kappa shape index (κ1) is 19.6. The predicted molar refractivity (Wildman–Crippen MR) is 115 cm³/mol. The fraction of sp³-hybridized carbons (Fsp3) is 0.409. The molecule has 0 unspecified atom stereocenters. The van der Waals surface area contributed by atoms with Crippen molar-refractivity contribution in [3.63, 3.8) is 0 Å². The van der Waals surface area contributed by atoms with Crippen LogP contribution in [0.1, 0.15) is 43.0 Å². The SMILES string of the molecule is CCCn1cc([C@@H](C)[C@H]2NC(=O)[C@@H](Cc3cscn3)NC2=O)c2cc(C)ccc21. The van der Waals surface area contributed by atoms with E-state index in [0.29, 0.717) is 6.42 Å². The summed E-state index contributed by atoms with van der Waals surface area (Å²) in [4.78, 5) is 29.8. The monoisotopic (exact) mass is 410 g/mol. The van der Waals surface area contributed by atoms with E-state index in [1.165, 1.54) is 22.4 Å². The van der Waals surface area contributed by atoms with Crippen LogP contribution in [0.4, 0.5) is 0 Å². The number of hydrogen-bond donors (Lipinski definition) is 2. The van der Waals surface area contributed by atoms with E-state index in [-0.39, 0.29) is 17.7 Å². The highest BCUT2D eigenvalue weighted by molar-refractivity contribution is 7.07. The first-order valence-electron chi connectivity index (χ1n) is 10.0. The number of piperazine rings is 1. The number of aryl methyl sites for hydroxylation is 2. The van der Waals surface area contributed by atoms with Crippen LogP contribution >= 0.6 is 11.3 Å². The normalized spacial score (nSPS) is 20.5. The predicted octanol–water partition coefficient (Wildman–Crippen LogP) is 3.15. The zero-order valence-corrected chi connectivity index (χ0v) is 17.8. The Bertz CT molecular complexity index is 1040. The molecule has 1 fully saturated rings. The molecule has 4 rings (SSSR count). The molecule has 2 N–H and O–H groups in total. The Morgan fingerprint density at radius 1 is 1.24 bits per heavy atom. The van der Waals surface area contributed by atoms with Crippen LogP contribution in [-0.4, -0.2) is 33.4 Å². The van der Waals surface area contributed by atoms with Crippen LogP contribution in [0.5, 0.6) is 0 Å². The van der Waals surface area contributed by atoms with Gasteiger partial charge >= 0.3 is 0 Å². The summed E-state index contributed by atoms with van der Waals surface area (Å²) in [5, 5.41) is 8.92. The molecule has 1 aliphatic rings. The summed E-state index contributed by atoms with van der Waals surface area (Å²) in [6, 6.07) is 5.26. The second kappa shape index (κ2) is 7.99. The van der Waals surface area contributed by atoms with Crippen molar-refractivity contribution in [1.29, 1.82) is 0 Å². The van der Waals surface area contributed by atoms with Crippen LogP contribution in [0.2, 0.25) is 0 Å². The van der Waals surface area contributed by atoms with Gasteiger partial charge in [0.2, 0.25) is 11.8 Å². The van der Waals surface area contributed by atoms with Gasteiger partial charge in [0.05, 0.1) is 11.2 Å². The lowest BCUT2D eigenvalue weighted by Gasteiger charge is -2.32. The molecule has 2 aromatic heterocycles. The van der Waals surface area contributed by atoms with E-state index in [2.05, 4.69) is 58.4 Å². The van der Waals surface area contributed by atoms with Gasteiger partial charge in [0, 0.05) is 41.4 Å². The van der Waals surface area contributed by atoms with Gasteiger partial charge in [-0.3, -0.25) is 9.59 Å². The van der Waals surface area contributed by atoms with E-state index in [9.17, 15) is 9.59 Å². The topological polar surface area (TPSA) is 76.0 Å². The summed E-state index contributed by atoms with van der Waals surface area (Å²) < 4.78 is 2.24. The summed E-state index contributed by atoms with van der Waals surface area (Å²) >= 11 is 1.48. The molecule has 3 heterocycles. The van der Waals surface area contributed by atoms with Gasteiger partial charge in [-0.1, -0.05) is 25.5 Å². The van der Waals surface area contributed by atoms with Crippen LogP contribution in [0, 0.1) is 6.92 Å². The number of nitrogens with one attached hydrogen (secondary N) is 2. The van der Waals surface area contributed by atoms with Crippen molar-refractivity contribution in [2.24, 2.45) is 0 Å². The number of rotatable bonds is 6. The molecule has 7 heteroatoms. The molecule has 0 saturated carbocycles. The molecule has 3 aromatic rings. The number of benzene rings is 1. The van der Waals surface area contributed by atoms with Crippen LogP contribution in [0.25, 0.3) is 10.9 Å². The summed E-state index contributed by atoms with van der Waals surface area (Å²) in [7, 11) is 0. The lowest BCUT2D eigenvalue weighted by atomic mass is 9.90. The largest absolute Gasteiger partial charge is 0.347 e. The van der Waals surface area contributed by atoms with E-state index in [1.54, 1.807) is 5.51 Å². The molecular weight excluding hydrogens is 384 g/mol. The van der Waals surface area contributed by atoms with Gasteiger partial charge in [0.25, 0.3) is 0 Å². The minimum Gasteiger partial charge on any atom is -0.347 e. The Kier molecular flexibility index (Phi) is 5.41. The number of carbonyl (C=O) groups excluding carboxylic acids is 2. The average molecular weight is 411 g/mol. The van der Waals surface area contributed by atoms with Crippen LogP contribution < -0.4 is 10.6 Å². The Labute approximate surface area is 174 Å². The molecule has 0 bridgehead atoms. The van der Waals surface area contributed by atoms with Gasteiger partial charge < -0.3 is 15.2 Å². The summed E-state index contributed by atoms with van der Waals surface area (Å²) in [5.41, 5.74) is 6.00. The number of aromatic nitrogens is 2. The van der Waals surface area contributed by atoms with Gasteiger partial charge in [-0.15, -0.1) is 11.3 Å². The van der Waals surface area contributed by atoms with E-state index >= 15 is 0 Å². The van der Waals surface area contributed by atoms with E-state index in [0.717, 1.165) is 29.6 Å². The number of thiazole rings is 1. The molecule has 0 radical (unpaired) electrons. The third kappa shape index (κ3) is 3.79. The molecule has 3 atom stereocenters. The molecule has 2 amide bonds. The third-order valence-corrected chi connectivity index (χ3v) is 6.27. The minimum absolute atomic E-state index is 0.137. The number of hydrogen-bond acceptors (Lipinski definition) is 4. The van der Waals surface area contributed by atoms with E-state index < -0.39 is 12.1 Å². The quantitative estimate of drug-likeness (QED) is 0.655. The number of nitrogens with zero attached hydrogens (tertiary/aromatic N) is 2. The molecule has 152 valence electrons. The highest BCUT2D eigenvalue weighted by atomic mass is 32.1. The molecule has 1 aromatic carbocycles. The van der Waals surface area contributed by atoms with Gasteiger partial charge in [-0.25, -0.2) is 4.98 Å². The second-order valence-electron chi connectivity index (χ2n) is 7.82. The Morgan fingerprint density at radius 3 is 2.79 bits per heavy atom. The van der Waals surface area contributed by atoms with E-state index in [1.807, 2.05) is 12.3 Å². The Balaban J connectivity index is 1.60. The van der Waals surface area contributed by atoms with Crippen LogP contribution in [-0.2, 0) is 22.6 Å². The van der Waals surface area contributed by atoms with E-state index in [4.69, 9.17) is 0 Å². The standard InChI is InChI=1S/C22H26N4O2S/c1-4-7-26-10-17(16-8-13(2)5-6-19(16)26)14(3)20-22(28)24-18(21(27)25-20)9-15-11-29-12-23-15/h5-6,8,10-12,14,18,20H,4,7,9H2,1-3H3,(H,24,28)(H,25,27)/t14-,18-,20-/m1/s1. The first-order chi connectivity index (χ1) is 14.0. The summed E-state index contributed by atoms with van der Waals surface area (Å²) in [6.07, 6.45) is 3.58. The van der Waals surface area contributed by atoms with Crippen molar-refractivity contribution in [3.05, 3.63) is 52.1 Å². The molecule has 1 saturated heterocycles. The maximum Gasteiger partial charge on any atom is 0.243 e. The first-order valence-corrected chi connectivity index (χ1v) is 11.0. The van der Waals surface area contributed by atoms with Crippen molar-refractivity contribution in [2.75, 3.05) is 0 Å². The summed E-state index contributed by atoms with van der Waals surface area (Å²) in [6.45, 7) is 7.16. The van der Waals surface area contributed by atoms with Gasteiger partial charge in [0.15, 0.2) is 0 Å². The van der Waals surface area contributed by atoms with Crippen LogP contribution in [0.15, 0.2) is 35.3 Å². The number of fused-ring (bicyclic) bond motifs is 1. The summed E-state index contributed by atoms with van der Waals surface area (Å²) in [5.74, 6) is -0.425. The molecule has 6 nitrogen and oxygen atoms in total. The van der Waals surface area contributed by atoms with Gasteiger partial charge in [-0.2, -0.15) is 0 Å². The lowest BCUT2D eigenvalue weighted by molar-refractivity contribution is -0.137. The van der Waals surface area contributed by atoms with Gasteiger partial charge in [0.1, 0.15) is 12.1 Å². The van der Waals surface area contributed by atoms with Gasteiger partial charge in [-0.05, 0) is 31.0 Å². The fourth-order valence-corrected chi connectivity index (χ4v) is 4.67. The smallest absolute Gasteiger partial charge is 0.243 e. The van der Waals surface area contributed by atoms with Crippen LogP contribution in [0.3, 0.4) is 0 Å². The van der Waals surface area contributed by atoms with Crippen molar-refractivity contribution >= 4 is 34.1 Å². The zero-order chi connectivity index (χ0) is 20.5. The molecule has 0 aliphatic carbocycles. The molecule has 29 heavy (non-hydrogen) atoms. The second-order valence-corrected chi connectivity index (χ2v) is 8.54. The third-order valence-electron chi connectivity index (χ3n) is 5.63. The highest BCUT2D eigenvalue weighted by Crippen LogP contribution is 2.31. The molecular formula is C22H26N4O2S. The lowest BCUT2D eigenvalue weighted by Crippen LogP contribution is -2.63. The Hall–Kier alpha value is -2.67. The highest BCUT2D eigenvalue weighted by Gasteiger charge is 2.38. The van der Waals surface area contributed by atoms with Crippen molar-refractivity contribution in [2.45, 2.75) is 58.2 Å².